The summed E-state index contributed by atoms with van der Waals surface area (Å²) in [7, 11) is 0. The average Bonchev–Trinajstić information content (AvgIpc) is 3.15. The summed E-state index contributed by atoms with van der Waals surface area (Å²) in [6.45, 7) is 3.69. The van der Waals surface area contributed by atoms with E-state index in [1.54, 1.807) is 68.4 Å². The Morgan fingerprint density at radius 3 is 1.51 bits per heavy atom. The van der Waals surface area contributed by atoms with Crippen LogP contribution in [-0.2, 0) is 51.2 Å². The first-order chi connectivity index (χ1) is 27.0. The van der Waals surface area contributed by atoms with Gasteiger partial charge in [-0.2, -0.15) is 0 Å². The van der Waals surface area contributed by atoms with Crippen molar-refractivity contribution < 1.29 is 53.7 Å². The van der Waals surface area contributed by atoms with E-state index in [0.717, 1.165) is 5.56 Å². The molecule has 2 rings (SSSR count). The van der Waals surface area contributed by atoms with E-state index < -0.39 is 103 Å². The maximum atomic E-state index is 13.9. The van der Waals surface area contributed by atoms with Crippen molar-refractivity contribution in [1.29, 1.82) is 0 Å². The summed E-state index contributed by atoms with van der Waals surface area (Å²) in [5, 5.41) is 40.6. The Labute approximate surface area is 330 Å². The SMILES string of the molecule is CC(C)C[C@H](NC(=O)[C@H](CCC(=O)O)NC(=O)[C@H](CC(=O)O)NC(=O)[C@H](CCCCN)NC(=O)[C@H](Cc1ccccc1)NC(=O)[C@@H](N)Cc1ccccc1)C(=O)O. The topological polar surface area (TPSA) is 309 Å². The minimum absolute atomic E-state index is 0.00816. The summed E-state index contributed by atoms with van der Waals surface area (Å²) in [4.78, 5) is 103. The number of hydrogen-bond acceptors (Lipinski definition) is 10. The van der Waals surface area contributed by atoms with Crippen molar-refractivity contribution in [2.75, 3.05) is 6.54 Å². The van der Waals surface area contributed by atoms with Crippen molar-refractivity contribution in [3.8, 4) is 0 Å². The second-order valence-electron chi connectivity index (χ2n) is 14.1. The van der Waals surface area contributed by atoms with Crippen LogP contribution in [0.1, 0.15) is 69.9 Å². The highest BCUT2D eigenvalue weighted by atomic mass is 16.4. The van der Waals surface area contributed by atoms with Gasteiger partial charge in [0.2, 0.25) is 29.5 Å². The lowest BCUT2D eigenvalue weighted by Gasteiger charge is -2.27. The second-order valence-corrected chi connectivity index (χ2v) is 14.1. The molecule has 0 aliphatic carbocycles. The first-order valence-corrected chi connectivity index (χ1v) is 18.7. The Kier molecular flexibility index (Phi) is 20.4. The van der Waals surface area contributed by atoms with Gasteiger partial charge in [0.1, 0.15) is 30.2 Å². The number of nitrogens with two attached hydrogens (primary N) is 2. The minimum Gasteiger partial charge on any atom is -0.481 e. The molecule has 18 nitrogen and oxygen atoms in total. The predicted molar refractivity (Wildman–Crippen MR) is 207 cm³/mol. The van der Waals surface area contributed by atoms with Crippen LogP contribution in [0, 0.1) is 5.92 Å². The lowest BCUT2D eigenvalue weighted by Crippen LogP contribution is -2.60. The van der Waals surface area contributed by atoms with Crippen LogP contribution in [0.15, 0.2) is 60.7 Å². The molecule has 0 aliphatic rings. The number of nitrogens with one attached hydrogen (secondary N) is 5. The maximum Gasteiger partial charge on any atom is 0.326 e. The first-order valence-electron chi connectivity index (χ1n) is 18.7. The molecule has 0 fully saturated rings. The van der Waals surface area contributed by atoms with Gasteiger partial charge in [-0.15, -0.1) is 0 Å². The van der Waals surface area contributed by atoms with Crippen LogP contribution in [0.2, 0.25) is 0 Å². The number of amides is 5. The van der Waals surface area contributed by atoms with Gasteiger partial charge in [-0.25, -0.2) is 4.79 Å². The van der Waals surface area contributed by atoms with Gasteiger partial charge in [0, 0.05) is 12.8 Å². The van der Waals surface area contributed by atoms with Crippen LogP contribution in [0.5, 0.6) is 0 Å². The molecule has 57 heavy (non-hydrogen) atoms. The van der Waals surface area contributed by atoms with Crippen molar-refractivity contribution in [2.24, 2.45) is 17.4 Å². The molecule has 0 saturated heterocycles. The number of benzene rings is 2. The van der Waals surface area contributed by atoms with Gasteiger partial charge in [-0.1, -0.05) is 74.5 Å². The standard InChI is InChI=1S/C39H55N7O11/c1-23(2)19-31(39(56)57)46-36(53)28(16-17-32(47)48)43-38(55)30(22-33(49)50)45-35(52)27(15-9-10-18-40)42-37(54)29(21-25-13-7-4-8-14-25)44-34(51)26(41)20-24-11-5-3-6-12-24/h3-8,11-14,23,26-31H,9-10,15-22,40-41H2,1-2H3,(H,42,54)(H,43,55)(H,44,51)(H,45,52)(H,46,53)(H,47,48)(H,49,50)(H,56,57)/t26-,27-,28-,29-,30-,31-/m0/s1. The zero-order valence-electron chi connectivity index (χ0n) is 32.1. The largest absolute Gasteiger partial charge is 0.481 e. The highest BCUT2D eigenvalue weighted by Gasteiger charge is 2.34. The van der Waals surface area contributed by atoms with Gasteiger partial charge in [-0.05, 0) is 62.1 Å². The number of carbonyl (C=O) groups is 8. The zero-order valence-corrected chi connectivity index (χ0v) is 32.1. The Morgan fingerprint density at radius 1 is 0.561 bits per heavy atom. The van der Waals surface area contributed by atoms with E-state index in [-0.39, 0.29) is 38.1 Å². The van der Waals surface area contributed by atoms with Crippen LogP contribution in [0.25, 0.3) is 0 Å². The fourth-order valence-electron chi connectivity index (χ4n) is 5.76. The summed E-state index contributed by atoms with van der Waals surface area (Å²) in [6.07, 6.45) is -1.13. The van der Waals surface area contributed by atoms with Crippen LogP contribution < -0.4 is 38.1 Å². The Hall–Kier alpha value is -5.88. The fourth-order valence-corrected chi connectivity index (χ4v) is 5.76. The summed E-state index contributed by atoms with van der Waals surface area (Å²) in [5.41, 5.74) is 13.3. The van der Waals surface area contributed by atoms with Crippen molar-refractivity contribution in [3.63, 3.8) is 0 Å². The molecule has 6 atom stereocenters. The molecule has 0 aliphatic heterocycles. The molecule has 0 spiro atoms. The highest BCUT2D eigenvalue weighted by Crippen LogP contribution is 2.11. The zero-order chi connectivity index (χ0) is 42.5. The van der Waals surface area contributed by atoms with Crippen LogP contribution in [0.3, 0.4) is 0 Å². The molecule has 18 heteroatoms. The van der Waals surface area contributed by atoms with Crippen molar-refractivity contribution in [2.45, 2.75) is 108 Å². The van der Waals surface area contributed by atoms with E-state index in [2.05, 4.69) is 26.6 Å². The van der Waals surface area contributed by atoms with E-state index in [1.807, 2.05) is 6.07 Å². The number of aliphatic carboxylic acids is 3. The molecule has 2 aromatic rings. The molecule has 0 bridgehead atoms. The molecule has 12 N–H and O–H groups in total. The molecule has 2 aromatic carbocycles. The third kappa shape index (κ3) is 18.1. The smallest absolute Gasteiger partial charge is 0.326 e. The summed E-state index contributed by atoms with van der Waals surface area (Å²) >= 11 is 0. The summed E-state index contributed by atoms with van der Waals surface area (Å²) in [6, 6.07) is 9.35. The molecule has 0 unspecified atom stereocenters. The van der Waals surface area contributed by atoms with E-state index in [0.29, 0.717) is 18.4 Å². The predicted octanol–water partition coefficient (Wildman–Crippen LogP) is -0.178. The molecular weight excluding hydrogens is 742 g/mol. The molecule has 0 radical (unpaired) electrons. The first kappa shape index (κ1) is 47.3. The molecule has 0 saturated carbocycles. The van der Waals surface area contributed by atoms with Gasteiger partial charge >= 0.3 is 17.9 Å². The Morgan fingerprint density at radius 2 is 1.02 bits per heavy atom. The normalized spacial score (nSPS) is 14.1. The molecule has 0 aromatic heterocycles. The van der Waals surface area contributed by atoms with Crippen molar-refractivity contribution in [3.05, 3.63) is 71.8 Å². The van der Waals surface area contributed by atoms with E-state index in [1.165, 1.54) is 0 Å². The Balaban J connectivity index is 2.34. The number of carboxylic acid groups (broad SMARTS) is 3. The minimum atomic E-state index is -1.83. The van der Waals surface area contributed by atoms with Gasteiger partial charge in [-0.3, -0.25) is 33.6 Å². The number of carbonyl (C=O) groups excluding carboxylic acids is 5. The van der Waals surface area contributed by atoms with Crippen molar-refractivity contribution >= 4 is 47.4 Å². The lowest BCUT2D eigenvalue weighted by molar-refractivity contribution is -0.144. The third-order valence-electron chi connectivity index (χ3n) is 8.74. The lowest BCUT2D eigenvalue weighted by atomic mass is 10.0. The van der Waals surface area contributed by atoms with Gasteiger partial charge < -0.3 is 53.4 Å². The van der Waals surface area contributed by atoms with Crippen LogP contribution >= 0.6 is 0 Å². The fraction of sp³-hybridized carbons (Fsp3) is 0.487. The highest BCUT2D eigenvalue weighted by molar-refractivity contribution is 5.97. The van der Waals surface area contributed by atoms with E-state index >= 15 is 0 Å². The summed E-state index contributed by atoms with van der Waals surface area (Å²) < 4.78 is 0. The quantitative estimate of drug-likeness (QED) is 0.0554. The second kappa shape index (κ2) is 24.6. The van der Waals surface area contributed by atoms with Crippen LogP contribution in [0.4, 0.5) is 0 Å². The Bertz CT molecular complexity index is 1660. The van der Waals surface area contributed by atoms with Crippen molar-refractivity contribution in [1.82, 2.24) is 26.6 Å². The average molecular weight is 798 g/mol. The summed E-state index contributed by atoms with van der Waals surface area (Å²) in [5.74, 6) is -8.95. The number of carboxylic acids is 3. The molecule has 5 amide bonds. The van der Waals surface area contributed by atoms with Crippen LogP contribution in [-0.4, -0.2) is 106 Å². The monoisotopic (exact) mass is 797 g/mol. The molecule has 0 heterocycles. The third-order valence-corrected chi connectivity index (χ3v) is 8.74. The maximum absolute atomic E-state index is 13.9. The number of hydrogen-bond donors (Lipinski definition) is 10. The molecule has 312 valence electrons. The number of unbranched alkanes of at least 4 members (excludes halogenated alkanes) is 1. The van der Waals surface area contributed by atoms with Gasteiger partial charge in [0.25, 0.3) is 0 Å². The van der Waals surface area contributed by atoms with Gasteiger partial charge in [0.05, 0.1) is 12.5 Å². The van der Waals surface area contributed by atoms with E-state index in [4.69, 9.17) is 11.5 Å². The number of rotatable bonds is 26. The van der Waals surface area contributed by atoms with Gasteiger partial charge in [0.15, 0.2) is 0 Å². The van der Waals surface area contributed by atoms with E-state index in [9.17, 15) is 53.7 Å². The molecular formula is C39H55N7O11.